The first kappa shape index (κ1) is 22.2. The molecule has 0 aliphatic carbocycles. The maximum absolute atomic E-state index is 13.3. The molecule has 34 heavy (non-hydrogen) atoms. The quantitative estimate of drug-likeness (QED) is 0.436. The number of amides is 1. The molecule has 5 rings (SSSR count). The van der Waals surface area contributed by atoms with Gasteiger partial charge < -0.3 is 9.80 Å². The number of hydrogen-bond donors (Lipinski definition) is 0. The van der Waals surface area contributed by atoms with E-state index in [0.717, 1.165) is 16.9 Å². The number of piperazine rings is 1. The highest BCUT2D eigenvalue weighted by Crippen LogP contribution is 2.29. The van der Waals surface area contributed by atoms with Crippen LogP contribution in [0.2, 0.25) is 0 Å². The van der Waals surface area contributed by atoms with Crippen molar-refractivity contribution in [2.45, 2.75) is 20.8 Å². The van der Waals surface area contributed by atoms with Gasteiger partial charge in [-0.2, -0.15) is 5.10 Å². The maximum Gasteiger partial charge on any atom is 0.257 e. The Balaban J connectivity index is 1.32. The van der Waals surface area contributed by atoms with E-state index < -0.39 is 0 Å². The van der Waals surface area contributed by atoms with Gasteiger partial charge in [0.15, 0.2) is 0 Å². The minimum absolute atomic E-state index is 0.0528. The Hall–Kier alpha value is -3.59. The van der Waals surface area contributed by atoms with Crippen LogP contribution >= 0.6 is 11.3 Å². The number of anilines is 1. The molecule has 1 aromatic carbocycles. The fourth-order valence-corrected chi connectivity index (χ4v) is 5.23. The molecule has 9 heteroatoms. The smallest absolute Gasteiger partial charge is 0.257 e. The van der Waals surface area contributed by atoms with E-state index in [1.165, 1.54) is 21.9 Å². The molecule has 7 nitrogen and oxygen atoms in total. The number of carbonyl (C=O) groups is 1. The SMILES string of the molecule is Cc1cc(-c2ccnc(-n3ncc(C(=O)N4CCN(c5ccc(F)cc5)CC4)c3C)n2)c(C)s1. The zero-order chi connectivity index (χ0) is 23.8. The minimum atomic E-state index is -0.250. The number of nitrogens with zero attached hydrogens (tertiary/aromatic N) is 6. The van der Waals surface area contributed by atoms with E-state index in [1.54, 1.807) is 40.5 Å². The number of halogens is 1. The van der Waals surface area contributed by atoms with Gasteiger partial charge in [-0.05, 0) is 57.2 Å². The molecule has 0 radical (unpaired) electrons. The van der Waals surface area contributed by atoms with E-state index in [0.29, 0.717) is 43.4 Å². The number of aryl methyl sites for hydroxylation is 2. The molecule has 1 aliphatic heterocycles. The second kappa shape index (κ2) is 8.98. The first-order chi connectivity index (χ1) is 16.4. The van der Waals surface area contributed by atoms with Crippen LogP contribution in [-0.2, 0) is 0 Å². The van der Waals surface area contributed by atoms with Gasteiger partial charge in [0.25, 0.3) is 11.9 Å². The summed E-state index contributed by atoms with van der Waals surface area (Å²) in [6.07, 6.45) is 3.32. The first-order valence-corrected chi connectivity index (χ1v) is 12.0. The van der Waals surface area contributed by atoms with E-state index in [9.17, 15) is 9.18 Å². The molecule has 3 aromatic heterocycles. The lowest BCUT2D eigenvalue weighted by Gasteiger charge is -2.36. The molecule has 4 aromatic rings. The van der Waals surface area contributed by atoms with Gasteiger partial charge in [0.05, 0.1) is 23.1 Å². The van der Waals surface area contributed by atoms with E-state index in [1.807, 2.05) is 17.9 Å². The summed E-state index contributed by atoms with van der Waals surface area (Å²) in [6, 6.07) is 10.5. The van der Waals surface area contributed by atoms with Gasteiger partial charge in [0.2, 0.25) is 0 Å². The van der Waals surface area contributed by atoms with Crippen molar-refractivity contribution in [1.29, 1.82) is 0 Å². The average Bonchev–Trinajstić information content (AvgIpc) is 3.40. The summed E-state index contributed by atoms with van der Waals surface area (Å²) in [5, 5.41) is 4.44. The average molecular weight is 477 g/mol. The van der Waals surface area contributed by atoms with Gasteiger partial charge in [-0.1, -0.05) is 0 Å². The predicted molar refractivity (Wildman–Crippen MR) is 131 cm³/mol. The highest BCUT2D eigenvalue weighted by molar-refractivity contribution is 7.12. The molecule has 0 saturated carbocycles. The third kappa shape index (κ3) is 4.19. The topological polar surface area (TPSA) is 67.2 Å². The molecule has 1 aliphatic rings. The Morgan fingerprint density at radius 2 is 1.76 bits per heavy atom. The van der Waals surface area contributed by atoms with Crippen molar-refractivity contribution in [3.05, 3.63) is 75.6 Å². The molecule has 0 bridgehead atoms. The van der Waals surface area contributed by atoms with Crippen LogP contribution in [0, 0.1) is 26.6 Å². The van der Waals surface area contributed by atoms with Crippen molar-refractivity contribution in [3.8, 4) is 17.2 Å². The standard InChI is InChI=1S/C25H25FN6OS/c1-16-14-21(18(3)34-16)23-8-9-27-25(29-23)32-17(2)22(15-28-32)24(33)31-12-10-30(11-13-31)20-6-4-19(26)5-7-20/h4-9,14-15H,10-13H2,1-3H3. The Morgan fingerprint density at radius 3 is 2.44 bits per heavy atom. The van der Waals surface area contributed by atoms with Crippen LogP contribution in [0.1, 0.15) is 25.8 Å². The summed E-state index contributed by atoms with van der Waals surface area (Å²) in [4.78, 5) is 28.8. The number of rotatable bonds is 4. The number of hydrogen-bond acceptors (Lipinski definition) is 6. The fraction of sp³-hybridized carbons (Fsp3) is 0.280. The summed E-state index contributed by atoms with van der Waals surface area (Å²) >= 11 is 1.74. The minimum Gasteiger partial charge on any atom is -0.368 e. The first-order valence-electron chi connectivity index (χ1n) is 11.2. The van der Waals surface area contributed by atoms with Gasteiger partial charge in [0.1, 0.15) is 5.82 Å². The van der Waals surface area contributed by atoms with E-state index in [4.69, 9.17) is 4.98 Å². The lowest BCUT2D eigenvalue weighted by atomic mass is 10.2. The largest absolute Gasteiger partial charge is 0.368 e. The third-order valence-electron chi connectivity index (χ3n) is 6.15. The van der Waals surface area contributed by atoms with Gasteiger partial charge in [0, 0.05) is 53.4 Å². The van der Waals surface area contributed by atoms with Crippen molar-refractivity contribution in [3.63, 3.8) is 0 Å². The molecular formula is C25H25FN6OS. The number of carbonyl (C=O) groups excluding carboxylic acids is 1. The normalized spacial score (nSPS) is 14.0. The van der Waals surface area contributed by atoms with Crippen LogP contribution in [0.3, 0.4) is 0 Å². The second-order valence-corrected chi connectivity index (χ2v) is 9.84. The predicted octanol–water partition coefficient (Wildman–Crippen LogP) is 4.42. The van der Waals surface area contributed by atoms with Gasteiger partial charge in [-0.3, -0.25) is 4.79 Å². The lowest BCUT2D eigenvalue weighted by molar-refractivity contribution is 0.0746. The maximum atomic E-state index is 13.3. The van der Waals surface area contributed by atoms with Gasteiger partial charge in [-0.25, -0.2) is 19.0 Å². The molecule has 0 unspecified atom stereocenters. The van der Waals surface area contributed by atoms with Crippen LogP contribution in [0.25, 0.3) is 17.2 Å². The van der Waals surface area contributed by atoms with Crippen LogP contribution in [0.15, 0.2) is 48.8 Å². The Labute approximate surface area is 201 Å². The highest BCUT2D eigenvalue weighted by atomic mass is 32.1. The van der Waals surface area contributed by atoms with Gasteiger partial charge >= 0.3 is 0 Å². The molecular weight excluding hydrogens is 451 g/mol. The molecule has 174 valence electrons. The molecule has 0 N–H and O–H groups in total. The van der Waals surface area contributed by atoms with Gasteiger partial charge in [-0.15, -0.1) is 11.3 Å². The van der Waals surface area contributed by atoms with E-state index in [2.05, 4.69) is 34.9 Å². The fourth-order valence-electron chi connectivity index (χ4n) is 4.30. The molecule has 1 saturated heterocycles. The Morgan fingerprint density at radius 1 is 1.03 bits per heavy atom. The summed E-state index contributed by atoms with van der Waals surface area (Å²) in [7, 11) is 0. The number of aromatic nitrogens is 4. The molecule has 0 spiro atoms. The van der Waals surface area contributed by atoms with Crippen LogP contribution < -0.4 is 4.90 Å². The van der Waals surface area contributed by atoms with Crippen molar-refractivity contribution < 1.29 is 9.18 Å². The Kier molecular flexibility index (Phi) is 5.87. The monoisotopic (exact) mass is 476 g/mol. The van der Waals surface area contributed by atoms with Crippen LogP contribution in [0.4, 0.5) is 10.1 Å². The summed E-state index contributed by atoms with van der Waals surface area (Å²) in [5.41, 5.74) is 4.15. The summed E-state index contributed by atoms with van der Waals surface area (Å²) in [6.45, 7) is 8.58. The second-order valence-electron chi connectivity index (χ2n) is 8.38. The van der Waals surface area contributed by atoms with Crippen molar-refractivity contribution in [2.75, 3.05) is 31.1 Å². The molecule has 4 heterocycles. The zero-order valence-electron chi connectivity index (χ0n) is 19.3. The lowest BCUT2D eigenvalue weighted by Crippen LogP contribution is -2.48. The number of benzene rings is 1. The summed E-state index contributed by atoms with van der Waals surface area (Å²) in [5.74, 6) is 0.140. The molecule has 0 atom stereocenters. The third-order valence-corrected chi connectivity index (χ3v) is 7.11. The molecule has 1 amide bonds. The Bertz CT molecular complexity index is 1340. The van der Waals surface area contributed by atoms with Crippen molar-refractivity contribution in [1.82, 2.24) is 24.6 Å². The molecule has 1 fully saturated rings. The van der Waals surface area contributed by atoms with E-state index in [-0.39, 0.29) is 11.7 Å². The zero-order valence-corrected chi connectivity index (χ0v) is 20.1. The van der Waals surface area contributed by atoms with E-state index >= 15 is 0 Å². The number of thiophene rings is 1. The van der Waals surface area contributed by atoms with Crippen molar-refractivity contribution >= 4 is 22.9 Å². The highest BCUT2D eigenvalue weighted by Gasteiger charge is 2.26. The van der Waals surface area contributed by atoms with Crippen LogP contribution in [-0.4, -0.2) is 56.7 Å². The van der Waals surface area contributed by atoms with Crippen LogP contribution in [0.5, 0.6) is 0 Å². The van der Waals surface area contributed by atoms with Crippen molar-refractivity contribution in [2.24, 2.45) is 0 Å². The summed E-state index contributed by atoms with van der Waals surface area (Å²) < 4.78 is 14.8.